The van der Waals surface area contributed by atoms with Gasteiger partial charge in [0.1, 0.15) is 6.04 Å². The normalized spacial score (nSPS) is 13.3. The highest BCUT2D eigenvalue weighted by molar-refractivity contribution is 7.85. The number of nitrogens with one attached hydrogen (secondary N) is 1. The highest BCUT2D eigenvalue weighted by Crippen LogP contribution is 2.15. The van der Waals surface area contributed by atoms with E-state index in [1.54, 1.807) is 48.5 Å². The van der Waals surface area contributed by atoms with Crippen molar-refractivity contribution in [3.8, 4) is 0 Å². The Kier molecular flexibility index (Phi) is 5.87. The monoisotopic (exact) mass is 344 g/mol. The molecule has 0 saturated heterocycles. The molecule has 0 heterocycles. The van der Waals surface area contributed by atoms with Gasteiger partial charge >= 0.3 is 0 Å². The first kappa shape index (κ1) is 17.9. The molecule has 0 radical (unpaired) electrons. The van der Waals surface area contributed by atoms with E-state index in [0.717, 1.165) is 0 Å². The third-order valence-electron chi connectivity index (χ3n) is 3.47. The maximum Gasteiger partial charge on any atom is 0.252 e. The fourth-order valence-electron chi connectivity index (χ4n) is 2.19. The van der Waals surface area contributed by atoms with Crippen molar-refractivity contribution in [2.24, 2.45) is 5.73 Å². The van der Waals surface area contributed by atoms with E-state index in [4.69, 9.17) is 5.73 Å². The fraction of sp³-hybridized carbons (Fsp3) is 0.222. The van der Waals surface area contributed by atoms with Crippen LogP contribution >= 0.6 is 0 Å². The molecule has 0 unspecified atom stereocenters. The van der Waals surface area contributed by atoms with E-state index >= 15 is 0 Å². The second-order valence-electron chi connectivity index (χ2n) is 5.59. The summed E-state index contributed by atoms with van der Waals surface area (Å²) in [5, 5.41) is 2.63. The van der Waals surface area contributed by atoms with Crippen LogP contribution in [0.5, 0.6) is 0 Å². The maximum atomic E-state index is 12.4. The van der Waals surface area contributed by atoms with Crippen molar-refractivity contribution >= 4 is 22.6 Å². The molecule has 2 atom stereocenters. The number of nitrogens with two attached hydrogens (primary N) is 1. The summed E-state index contributed by atoms with van der Waals surface area (Å²) in [7, 11) is -1.11. The molecule has 2 amide bonds. The van der Waals surface area contributed by atoms with Crippen molar-refractivity contribution in [2.45, 2.75) is 30.0 Å². The minimum absolute atomic E-state index is 0.00185. The third kappa shape index (κ3) is 4.29. The van der Waals surface area contributed by atoms with Crippen LogP contribution in [0.1, 0.15) is 35.8 Å². The van der Waals surface area contributed by atoms with E-state index in [1.165, 1.54) is 0 Å². The van der Waals surface area contributed by atoms with Gasteiger partial charge in [-0.25, -0.2) is 0 Å². The van der Waals surface area contributed by atoms with Gasteiger partial charge in [-0.3, -0.25) is 13.8 Å². The number of carbonyl (C=O) groups excluding carboxylic acids is 2. The number of primary amides is 1. The molecule has 24 heavy (non-hydrogen) atoms. The molecule has 126 valence electrons. The van der Waals surface area contributed by atoms with Gasteiger partial charge in [0.15, 0.2) is 0 Å². The number of hydrogen-bond acceptors (Lipinski definition) is 3. The lowest BCUT2D eigenvalue weighted by molar-refractivity contribution is -0.120. The van der Waals surface area contributed by atoms with Crippen molar-refractivity contribution in [1.29, 1.82) is 0 Å². The molecule has 0 aliphatic heterocycles. The molecule has 0 spiro atoms. The SMILES string of the molecule is CC(C)[S@](=O)c1ccc(C(=O)N[C@@H](C(N)=O)c2ccccc2)cc1. The zero-order chi connectivity index (χ0) is 17.7. The van der Waals surface area contributed by atoms with Crippen LogP contribution in [-0.2, 0) is 15.6 Å². The van der Waals surface area contributed by atoms with Crippen LogP contribution in [-0.4, -0.2) is 21.3 Å². The van der Waals surface area contributed by atoms with Crippen LogP contribution < -0.4 is 11.1 Å². The molecule has 2 aromatic carbocycles. The molecule has 0 fully saturated rings. The van der Waals surface area contributed by atoms with Gasteiger partial charge in [0.05, 0.1) is 10.8 Å². The van der Waals surface area contributed by atoms with Crippen LogP contribution in [0, 0.1) is 0 Å². The molecule has 2 rings (SSSR count). The fourth-order valence-corrected chi connectivity index (χ4v) is 3.14. The number of carbonyl (C=O) groups is 2. The molecular formula is C18H20N2O3S. The molecular weight excluding hydrogens is 324 g/mol. The zero-order valence-corrected chi connectivity index (χ0v) is 14.4. The Balaban J connectivity index is 2.16. The first-order valence-electron chi connectivity index (χ1n) is 7.56. The first-order valence-corrected chi connectivity index (χ1v) is 8.77. The van der Waals surface area contributed by atoms with Gasteiger partial charge in [-0.05, 0) is 29.8 Å². The molecule has 6 heteroatoms. The van der Waals surface area contributed by atoms with E-state index in [9.17, 15) is 13.8 Å². The summed E-state index contributed by atoms with van der Waals surface area (Å²) in [5.74, 6) is -1.04. The predicted octanol–water partition coefficient (Wildman–Crippen LogP) is 2.16. The molecule has 0 aliphatic carbocycles. The maximum absolute atomic E-state index is 12.4. The molecule has 3 N–H and O–H groups in total. The van der Waals surface area contributed by atoms with Crippen molar-refractivity contribution in [2.75, 3.05) is 0 Å². The largest absolute Gasteiger partial charge is 0.368 e. The highest BCUT2D eigenvalue weighted by Gasteiger charge is 2.21. The quantitative estimate of drug-likeness (QED) is 0.841. The van der Waals surface area contributed by atoms with Crippen LogP contribution in [0.15, 0.2) is 59.5 Å². The van der Waals surface area contributed by atoms with Crippen LogP contribution in [0.4, 0.5) is 0 Å². The van der Waals surface area contributed by atoms with Crippen molar-refractivity contribution in [3.63, 3.8) is 0 Å². The van der Waals surface area contributed by atoms with E-state index in [-0.39, 0.29) is 5.25 Å². The van der Waals surface area contributed by atoms with Crippen molar-refractivity contribution in [1.82, 2.24) is 5.32 Å². The summed E-state index contributed by atoms with van der Waals surface area (Å²) < 4.78 is 12.0. The second-order valence-corrected chi connectivity index (χ2v) is 7.60. The number of benzene rings is 2. The number of hydrogen-bond donors (Lipinski definition) is 2. The van der Waals surface area contributed by atoms with E-state index in [0.29, 0.717) is 16.0 Å². The second kappa shape index (κ2) is 7.88. The zero-order valence-electron chi connectivity index (χ0n) is 13.6. The van der Waals surface area contributed by atoms with Gasteiger partial charge in [-0.1, -0.05) is 44.2 Å². The summed E-state index contributed by atoms with van der Waals surface area (Å²) >= 11 is 0. The Morgan fingerprint density at radius 1 is 1.00 bits per heavy atom. The van der Waals surface area contributed by atoms with E-state index in [1.807, 2.05) is 19.9 Å². The number of amides is 2. The molecule has 5 nitrogen and oxygen atoms in total. The van der Waals surface area contributed by atoms with Gasteiger partial charge in [0.25, 0.3) is 5.91 Å². The van der Waals surface area contributed by atoms with Gasteiger partial charge in [0.2, 0.25) is 5.91 Å². The standard InChI is InChI=1S/C18H20N2O3S/c1-12(2)24(23)15-10-8-14(9-11-15)18(22)20-16(17(19)21)13-6-4-3-5-7-13/h3-12,16H,1-2H3,(H2,19,21)(H,20,22)/t16-,24+/m1/s1. The Bertz CT molecular complexity index is 743. The lowest BCUT2D eigenvalue weighted by Gasteiger charge is -2.16. The average Bonchev–Trinajstić information content (AvgIpc) is 2.59. The van der Waals surface area contributed by atoms with Crippen molar-refractivity contribution in [3.05, 3.63) is 65.7 Å². The van der Waals surface area contributed by atoms with Gasteiger partial charge in [-0.2, -0.15) is 0 Å². The summed E-state index contributed by atoms with van der Waals surface area (Å²) in [4.78, 5) is 24.7. The topological polar surface area (TPSA) is 89.3 Å². The Morgan fingerprint density at radius 3 is 2.08 bits per heavy atom. The minimum atomic E-state index is -1.11. The smallest absolute Gasteiger partial charge is 0.252 e. The summed E-state index contributed by atoms with van der Waals surface area (Å²) in [6.07, 6.45) is 0. The predicted molar refractivity (Wildman–Crippen MR) is 93.8 cm³/mol. The van der Waals surface area contributed by atoms with E-state index < -0.39 is 28.7 Å². The van der Waals surface area contributed by atoms with Crippen LogP contribution in [0.25, 0.3) is 0 Å². The van der Waals surface area contributed by atoms with Crippen LogP contribution in [0.2, 0.25) is 0 Å². The van der Waals surface area contributed by atoms with E-state index in [2.05, 4.69) is 5.32 Å². The molecule has 0 aromatic heterocycles. The minimum Gasteiger partial charge on any atom is -0.368 e. The van der Waals surface area contributed by atoms with Gasteiger partial charge < -0.3 is 11.1 Å². The summed E-state index contributed by atoms with van der Waals surface area (Å²) in [5.41, 5.74) is 6.40. The molecule has 0 saturated carbocycles. The molecule has 0 aliphatic rings. The lowest BCUT2D eigenvalue weighted by atomic mass is 10.1. The molecule has 2 aromatic rings. The Morgan fingerprint density at radius 2 is 1.58 bits per heavy atom. The average molecular weight is 344 g/mol. The van der Waals surface area contributed by atoms with Crippen molar-refractivity contribution < 1.29 is 13.8 Å². The Hall–Kier alpha value is -2.47. The van der Waals surface area contributed by atoms with Crippen LogP contribution in [0.3, 0.4) is 0 Å². The van der Waals surface area contributed by atoms with Gasteiger partial charge in [0, 0.05) is 15.7 Å². The Labute approximate surface area is 143 Å². The highest BCUT2D eigenvalue weighted by atomic mass is 32.2. The third-order valence-corrected chi connectivity index (χ3v) is 5.06. The van der Waals surface area contributed by atoms with Gasteiger partial charge in [-0.15, -0.1) is 0 Å². The lowest BCUT2D eigenvalue weighted by Crippen LogP contribution is -2.37. The summed E-state index contributed by atoms with van der Waals surface area (Å²) in [6, 6.07) is 14.4. The number of rotatable bonds is 6. The molecule has 0 bridgehead atoms. The summed E-state index contributed by atoms with van der Waals surface area (Å²) in [6.45, 7) is 3.74. The first-order chi connectivity index (χ1) is 11.4.